The van der Waals surface area contributed by atoms with Crippen molar-refractivity contribution in [2.45, 2.75) is 38.3 Å². The highest BCUT2D eigenvalue weighted by Gasteiger charge is 2.38. The first kappa shape index (κ1) is 15.7. The van der Waals surface area contributed by atoms with Crippen molar-refractivity contribution >= 4 is 12.0 Å². The van der Waals surface area contributed by atoms with Gasteiger partial charge in [0.05, 0.1) is 12.7 Å². The molecule has 0 saturated carbocycles. The number of aliphatic carboxylic acids is 1. The molecule has 0 radical (unpaired) electrons. The zero-order chi connectivity index (χ0) is 14.3. The molecule has 1 rings (SSSR count). The van der Waals surface area contributed by atoms with E-state index in [1.165, 1.54) is 0 Å². The molecule has 1 saturated heterocycles. The van der Waals surface area contributed by atoms with Gasteiger partial charge < -0.3 is 25.2 Å². The van der Waals surface area contributed by atoms with Gasteiger partial charge in [-0.25, -0.2) is 9.59 Å². The maximum absolute atomic E-state index is 11.8. The fourth-order valence-electron chi connectivity index (χ4n) is 1.95. The van der Waals surface area contributed by atoms with E-state index in [0.717, 1.165) is 17.7 Å². The van der Waals surface area contributed by atoms with Gasteiger partial charge in [-0.15, -0.1) is 0 Å². The number of β-amino-alcohol motifs (C(OH)–C–C–N with tert-alkyl or cyclic N) is 1. The van der Waals surface area contributed by atoms with Crippen LogP contribution in [-0.4, -0.2) is 65.6 Å². The van der Waals surface area contributed by atoms with Crippen LogP contribution in [0.4, 0.5) is 4.79 Å². The molecule has 2 atom stereocenters. The number of amides is 2. The maximum atomic E-state index is 11.8. The summed E-state index contributed by atoms with van der Waals surface area (Å²) < 4.78 is 5.28. The molecule has 19 heavy (non-hydrogen) atoms. The Bertz CT molecular complexity index is 310. The lowest BCUT2D eigenvalue weighted by Crippen LogP contribution is -2.46. The third-order valence-electron chi connectivity index (χ3n) is 2.99. The number of carbonyl (C=O) groups is 2. The Morgan fingerprint density at radius 2 is 2.16 bits per heavy atom. The monoisotopic (exact) mass is 274 g/mol. The molecule has 0 bridgehead atoms. The number of carbonyl (C=O) groups excluding carboxylic acids is 1. The van der Waals surface area contributed by atoms with Crippen molar-refractivity contribution in [2.75, 3.05) is 26.3 Å². The van der Waals surface area contributed by atoms with Crippen LogP contribution in [0.15, 0.2) is 0 Å². The van der Waals surface area contributed by atoms with Crippen LogP contribution < -0.4 is 5.32 Å². The molecule has 0 unspecified atom stereocenters. The zero-order valence-corrected chi connectivity index (χ0v) is 11.2. The molecule has 110 valence electrons. The molecular formula is C12H22N2O5. The number of unbranched alkanes of at least 4 members (excludes halogenated alkanes) is 1. The van der Waals surface area contributed by atoms with E-state index >= 15 is 0 Å². The molecule has 1 fully saturated rings. The van der Waals surface area contributed by atoms with E-state index in [-0.39, 0.29) is 13.0 Å². The average molecular weight is 274 g/mol. The molecule has 0 aromatic carbocycles. The van der Waals surface area contributed by atoms with Crippen molar-refractivity contribution in [3.63, 3.8) is 0 Å². The lowest BCUT2D eigenvalue weighted by atomic mass is 10.2. The predicted octanol–water partition coefficient (Wildman–Crippen LogP) is 0.0325. The summed E-state index contributed by atoms with van der Waals surface area (Å²) in [4.78, 5) is 23.9. The molecular weight excluding hydrogens is 252 g/mol. The van der Waals surface area contributed by atoms with Crippen molar-refractivity contribution in [1.29, 1.82) is 0 Å². The van der Waals surface area contributed by atoms with Gasteiger partial charge in [-0.3, -0.25) is 0 Å². The molecule has 0 spiro atoms. The van der Waals surface area contributed by atoms with Gasteiger partial charge in [-0.1, -0.05) is 13.3 Å². The van der Waals surface area contributed by atoms with Crippen LogP contribution in [-0.2, 0) is 9.53 Å². The Kier molecular flexibility index (Phi) is 6.58. The second-order valence-corrected chi connectivity index (χ2v) is 4.59. The maximum Gasteiger partial charge on any atom is 0.326 e. The summed E-state index contributed by atoms with van der Waals surface area (Å²) in [6.07, 6.45) is 1.34. The molecule has 0 aromatic heterocycles. The Hall–Kier alpha value is -1.34. The van der Waals surface area contributed by atoms with Gasteiger partial charge in [0.25, 0.3) is 0 Å². The minimum atomic E-state index is -1.09. The van der Waals surface area contributed by atoms with E-state index in [0.29, 0.717) is 19.8 Å². The van der Waals surface area contributed by atoms with Crippen molar-refractivity contribution in [3.05, 3.63) is 0 Å². The topological polar surface area (TPSA) is 99.1 Å². The normalized spacial score (nSPS) is 22.5. The Balaban J connectivity index is 2.26. The number of carboxylic acids is 1. The SMILES string of the molecule is CCCCOCCNC(=O)N1C[C@@H](O)C[C@H]1C(=O)O. The summed E-state index contributed by atoms with van der Waals surface area (Å²) in [7, 11) is 0. The standard InChI is InChI=1S/C12H22N2O5/c1-2-3-5-19-6-4-13-12(18)14-8-9(15)7-10(14)11(16)17/h9-10,15H,2-8H2,1H3,(H,13,18)(H,16,17)/t9-,10-/m0/s1. The number of rotatable bonds is 7. The van der Waals surface area contributed by atoms with Gasteiger partial charge >= 0.3 is 12.0 Å². The second-order valence-electron chi connectivity index (χ2n) is 4.59. The summed E-state index contributed by atoms with van der Waals surface area (Å²) in [5, 5.41) is 21.0. The fraction of sp³-hybridized carbons (Fsp3) is 0.833. The van der Waals surface area contributed by atoms with E-state index in [1.54, 1.807) is 0 Å². The van der Waals surface area contributed by atoms with Gasteiger partial charge in [0.1, 0.15) is 6.04 Å². The van der Waals surface area contributed by atoms with Gasteiger partial charge in [-0.2, -0.15) is 0 Å². The number of likely N-dealkylation sites (tertiary alicyclic amines) is 1. The minimum absolute atomic E-state index is 0.0551. The van der Waals surface area contributed by atoms with Crippen LogP contribution in [0.1, 0.15) is 26.2 Å². The number of nitrogens with zero attached hydrogens (tertiary/aromatic N) is 1. The van der Waals surface area contributed by atoms with Gasteiger partial charge in [0.2, 0.25) is 0 Å². The molecule has 1 aliphatic heterocycles. The Morgan fingerprint density at radius 3 is 2.79 bits per heavy atom. The van der Waals surface area contributed by atoms with E-state index in [2.05, 4.69) is 12.2 Å². The molecule has 7 nitrogen and oxygen atoms in total. The molecule has 1 aliphatic rings. The number of carboxylic acid groups (broad SMARTS) is 1. The molecule has 0 aromatic rings. The lowest BCUT2D eigenvalue weighted by Gasteiger charge is -2.21. The predicted molar refractivity (Wildman–Crippen MR) is 67.9 cm³/mol. The van der Waals surface area contributed by atoms with Crippen LogP contribution in [0, 0.1) is 0 Å². The number of aliphatic hydroxyl groups excluding tert-OH is 1. The Labute approximate surface area is 112 Å². The largest absolute Gasteiger partial charge is 0.480 e. The third kappa shape index (κ3) is 5.04. The van der Waals surface area contributed by atoms with E-state index in [4.69, 9.17) is 9.84 Å². The first-order valence-electron chi connectivity index (χ1n) is 6.59. The summed E-state index contributed by atoms with van der Waals surface area (Å²) >= 11 is 0. The number of aliphatic hydroxyl groups is 1. The number of hydrogen-bond donors (Lipinski definition) is 3. The van der Waals surface area contributed by atoms with Crippen molar-refractivity contribution in [1.82, 2.24) is 10.2 Å². The number of hydrogen-bond acceptors (Lipinski definition) is 4. The fourth-order valence-corrected chi connectivity index (χ4v) is 1.95. The van der Waals surface area contributed by atoms with Crippen molar-refractivity contribution < 1.29 is 24.5 Å². The summed E-state index contributed by atoms with van der Waals surface area (Å²) in [6, 6.07) is -1.42. The van der Waals surface area contributed by atoms with Crippen LogP contribution in [0.25, 0.3) is 0 Å². The average Bonchev–Trinajstić information content (AvgIpc) is 2.76. The summed E-state index contributed by atoms with van der Waals surface area (Å²) in [5.41, 5.74) is 0. The van der Waals surface area contributed by atoms with Gasteiger partial charge in [0, 0.05) is 26.1 Å². The molecule has 3 N–H and O–H groups in total. The number of urea groups is 1. The van der Waals surface area contributed by atoms with E-state index in [9.17, 15) is 14.7 Å². The smallest absolute Gasteiger partial charge is 0.326 e. The van der Waals surface area contributed by atoms with Gasteiger partial charge in [0.15, 0.2) is 0 Å². The molecule has 0 aliphatic carbocycles. The van der Waals surface area contributed by atoms with Crippen LogP contribution >= 0.6 is 0 Å². The minimum Gasteiger partial charge on any atom is -0.480 e. The molecule has 1 heterocycles. The molecule has 7 heteroatoms. The quantitative estimate of drug-likeness (QED) is 0.569. The first-order valence-corrected chi connectivity index (χ1v) is 6.59. The first-order chi connectivity index (χ1) is 9.06. The van der Waals surface area contributed by atoms with Crippen LogP contribution in [0.5, 0.6) is 0 Å². The van der Waals surface area contributed by atoms with Crippen LogP contribution in [0.3, 0.4) is 0 Å². The van der Waals surface area contributed by atoms with Gasteiger partial charge in [-0.05, 0) is 6.42 Å². The molecule has 2 amide bonds. The van der Waals surface area contributed by atoms with Crippen molar-refractivity contribution in [3.8, 4) is 0 Å². The lowest BCUT2D eigenvalue weighted by molar-refractivity contribution is -0.141. The van der Waals surface area contributed by atoms with E-state index in [1.807, 2.05) is 0 Å². The highest BCUT2D eigenvalue weighted by atomic mass is 16.5. The second kappa shape index (κ2) is 7.96. The number of nitrogens with one attached hydrogen (secondary N) is 1. The highest BCUT2D eigenvalue weighted by molar-refractivity contribution is 5.83. The number of ether oxygens (including phenoxy) is 1. The summed E-state index contributed by atoms with van der Waals surface area (Å²) in [5.74, 6) is -1.09. The third-order valence-corrected chi connectivity index (χ3v) is 2.99. The zero-order valence-electron chi connectivity index (χ0n) is 11.2. The Morgan fingerprint density at radius 1 is 1.42 bits per heavy atom. The van der Waals surface area contributed by atoms with Crippen LogP contribution in [0.2, 0.25) is 0 Å². The summed E-state index contributed by atoms with van der Waals surface area (Å²) in [6.45, 7) is 3.52. The highest BCUT2D eigenvalue weighted by Crippen LogP contribution is 2.17. The van der Waals surface area contributed by atoms with Crippen molar-refractivity contribution in [2.24, 2.45) is 0 Å². The van der Waals surface area contributed by atoms with E-state index < -0.39 is 24.1 Å².